The van der Waals surface area contributed by atoms with Crippen LogP contribution in [0.4, 0.5) is 45.5 Å². The molecule has 0 amide bonds. The second kappa shape index (κ2) is 15.1. The number of benzene rings is 8. The van der Waals surface area contributed by atoms with Crippen LogP contribution in [0.25, 0.3) is 20.2 Å². The van der Waals surface area contributed by atoms with E-state index in [9.17, 15) is 0 Å². The molecule has 5 heteroatoms. The SMILES string of the molecule is Cc1cc2c3c(c1)N(c1cccc4sc5ccccc5c14)c1cc4c(cc1B3c1ccc3cc1N2c1cc2c(cc1C)C(C)(C)c1ccccc1C2(C)c1cc2c(cc1C(C)(C)C)C1(C)CCCCC1(C)N32)C(C)(C)CC4(C)C. The Bertz CT molecular complexity index is 4260. The molecule has 0 saturated heterocycles. The molecule has 1 fully saturated rings. The molecule has 7 aliphatic rings. The minimum absolute atomic E-state index is 0.00430. The maximum Gasteiger partial charge on any atom is 0.252 e. The highest BCUT2D eigenvalue weighted by molar-refractivity contribution is 7.26. The molecule has 1 aromatic heterocycles. The summed E-state index contributed by atoms with van der Waals surface area (Å²) in [6.45, 7) is 35.0. The van der Waals surface area contributed by atoms with Gasteiger partial charge in [-0.2, -0.15) is 0 Å². The molecule has 6 bridgehead atoms. The molecule has 3 aliphatic carbocycles. The molecular weight excluding hydrogens is 974 g/mol. The summed E-state index contributed by atoms with van der Waals surface area (Å²) in [5, 5.41) is 2.67. The Morgan fingerprint density at radius 1 is 0.494 bits per heavy atom. The van der Waals surface area contributed by atoms with Crippen molar-refractivity contribution >= 4 is 100 Å². The Labute approximate surface area is 473 Å². The van der Waals surface area contributed by atoms with Gasteiger partial charge in [-0.1, -0.05) is 155 Å². The number of anilines is 8. The highest BCUT2D eigenvalue weighted by Gasteiger charge is 2.60. The molecule has 3 nitrogen and oxygen atoms in total. The Morgan fingerprint density at radius 2 is 1.14 bits per heavy atom. The van der Waals surface area contributed by atoms with Gasteiger partial charge in [-0.25, -0.2) is 0 Å². The summed E-state index contributed by atoms with van der Waals surface area (Å²) in [5.41, 5.74) is 29.5. The Morgan fingerprint density at radius 3 is 1.90 bits per heavy atom. The van der Waals surface area contributed by atoms with Crippen LogP contribution < -0.4 is 31.1 Å². The number of hydrogen-bond acceptors (Lipinski definition) is 4. The van der Waals surface area contributed by atoms with Crippen LogP contribution in [0.2, 0.25) is 0 Å². The van der Waals surface area contributed by atoms with E-state index in [1.54, 1.807) is 0 Å². The van der Waals surface area contributed by atoms with Crippen molar-refractivity contribution in [3.63, 3.8) is 0 Å². The third-order valence-corrected chi connectivity index (χ3v) is 23.2. The molecule has 9 aromatic rings. The zero-order chi connectivity index (χ0) is 54.6. The van der Waals surface area contributed by atoms with E-state index in [2.05, 4.69) is 245 Å². The number of aryl methyl sites for hydroxylation is 2. The van der Waals surface area contributed by atoms with Gasteiger partial charge in [0.25, 0.3) is 6.71 Å². The zero-order valence-corrected chi connectivity index (χ0v) is 49.9. The molecular formula is C74H74BN3S. The summed E-state index contributed by atoms with van der Waals surface area (Å²) >= 11 is 1.92. The lowest BCUT2D eigenvalue weighted by atomic mass is 9.33. The number of thiophene rings is 1. The molecule has 16 rings (SSSR count). The van der Waals surface area contributed by atoms with Crippen LogP contribution in [0.5, 0.6) is 0 Å². The van der Waals surface area contributed by atoms with Gasteiger partial charge >= 0.3 is 0 Å². The van der Waals surface area contributed by atoms with Gasteiger partial charge in [0.2, 0.25) is 0 Å². The van der Waals surface area contributed by atoms with Crippen LogP contribution in [-0.2, 0) is 32.5 Å². The van der Waals surface area contributed by atoms with Gasteiger partial charge in [-0.05, 0) is 201 Å². The quantitative estimate of drug-likeness (QED) is 0.152. The van der Waals surface area contributed by atoms with Crippen LogP contribution in [0.3, 0.4) is 0 Å². The lowest BCUT2D eigenvalue weighted by Gasteiger charge is -2.51. The molecule has 4 aliphatic heterocycles. The van der Waals surface area contributed by atoms with Gasteiger partial charge in [-0.3, -0.25) is 0 Å². The highest BCUT2D eigenvalue weighted by atomic mass is 32.1. The molecule has 5 heterocycles. The molecule has 79 heavy (non-hydrogen) atoms. The van der Waals surface area contributed by atoms with Crippen molar-refractivity contribution in [3.05, 3.63) is 195 Å². The first-order chi connectivity index (χ1) is 37.5. The molecule has 0 radical (unpaired) electrons. The topological polar surface area (TPSA) is 9.72 Å². The van der Waals surface area contributed by atoms with E-state index in [0.29, 0.717) is 0 Å². The molecule has 0 spiro atoms. The second-order valence-electron chi connectivity index (χ2n) is 29.0. The van der Waals surface area contributed by atoms with E-state index >= 15 is 0 Å². The largest absolute Gasteiger partial charge is 0.334 e. The minimum Gasteiger partial charge on any atom is -0.334 e. The fourth-order valence-corrected chi connectivity index (χ4v) is 19.4. The summed E-state index contributed by atoms with van der Waals surface area (Å²) in [6, 6.07) is 54.7. The average molecular weight is 1050 g/mol. The van der Waals surface area contributed by atoms with Crippen molar-refractivity contribution in [2.75, 3.05) is 14.7 Å². The maximum absolute atomic E-state index is 2.89. The third kappa shape index (κ3) is 5.86. The molecule has 0 N–H and O–H groups in total. The Hall–Kier alpha value is -6.56. The predicted molar refractivity (Wildman–Crippen MR) is 339 cm³/mol. The van der Waals surface area contributed by atoms with Crippen molar-refractivity contribution in [1.82, 2.24) is 0 Å². The van der Waals surface area contributed by atoms with E-state index in [4.69, 9.17) is 0 Å². The second-order valence-corrected chi connectivity index (χ2v) is 30.1. The lowest BCUT2D eigenvalue weighted by Crippen LogP contribution is -2.61. The average Bonchev–Trinajstić information content (AvgIpc) is 3.61. The van der Waals surface area contributed by atoms with E-state index in [1.807, 2.05) is 11.3 Å². The summed E-state index contributed by atoms with van der Waals surface area (Å²) in [7, 11) is 0. The Kier molecular flexibility index (Phi) is 9.22. The van der Waals surface area contributed by atoms with Gasteiger partial charge < -0.3 is 14.7 Å². The first-order valence-corrected chi connectivity index (χ1v) is 30.5. The number of rotatable bonds is 1. The van der Waals surface area contributed by atoms with Gasteiger partial charge in [0, 0.05) is 76.2 Å². The summed E-state index contributed by atoms with van der Waals surface area (Å²) < 4.78 is 2.66. The third-order valence-electron chi connectivity index (χ3n) is 22.1. The molecule has 8 aromatic carbocycles. The maximum atomic E-state index is 2.89. The first-order valence-electron chi connectivity index (χ1n) is 29.7. The van der Waals surface area contributed by atoms with Gasteiger partial charge in [0.1, 0.15) is 0 Å². The van der Waals surface area contributed by atoms with Gasteiger partial charge in [0.15, 0.2) is 0 Å². The van der Waals surface area contributed by atoms with E-state index in [-0.39, 0.29) is 39.3 Å². The van der Waals surface area contributed by atoms with Gasteiger partial charge in [-0.15, -0.1) is 11.3 Å². The van der Waals surface area contributed by atoms with Crippen LogP contribution >= 0.6 is 11.3 Å². The smallest absolute Gasteiger partial charge is 0.252 e. The molecule has 3 unspecified atom stereocenters. The highest BCUT2D eigenvalue weighted by Crippen LogP contribution is 2.65. The number of hydrogen-bond donors (Lipinski definition) is 0. The lowest BCUT2D eigenvalue weighted by molar-refractivity contribution is 0.195. The van der Waals surface area contributed by atoms with Crippen molar-refractivity contribution < 1.29 is 0 Å². The first kappa shape index (κ1) is 48.4. The van der Waals surface area contributed by atoms with Crippen LogP contribution in [0.1, 0.15) is 176 Å². The minimum atomic E-state index is -0.471. The van der Waals surface area contributed by atoms with Crippen molar-refractivity contribution in [2.24, 2.45) is 0 Å². The molecule has 3 atom stereocenters. The molecule has 1 saturated carbocycles. The number of nitrogens with zero attached hydrogens (tertiary/aromatic N) is 3. The fraction of sp³-hybridized carbons (Fsp3) is 0.351. The van der Waals surface area contributed by atoms with E-state index in [1.165, 1.54) is 163 Å². The van der Waals surface area contributed by atoms with Gasteiger partial charge in [0.05, 0.1) is 11.2 Å². The van der Waals surface area contributed by atoms with E-state index in [0.717, 1.165) is 12.8 Å². The van der Waals surface area contributed by atoms with Crippen molar-refractivity contribution in [2.45, 2.75) is 167 Å². The summed E-state index contributed by atoms with van der Waals surface area (Å²) in [6.07, 6.45) is 5.93. The van der Waals surface area contributed by atoms with Crippen molar-refractivity contribution in [3.8, 4) is 0 Å². The number of fused-ring (bicyclic) bond motifs is 19. The van der Waals surface area contributed by atoms with Crippen LogP contribution in [0, 0.1) is 13.8 Å². The standard InChI is InChI=1S/C74H74BN3S/c1-42-32-62-67-63(33-42)77-58-39-53-51(34-43(58)2)71(10,11)46-23-16-17-24-47(46)74(53,14)52-40-59-54(36-48(52)68(3,4)5)72(12)30-19-20-31-73(72,13)78(59)44-28-29-55(60(77)35-44)75(67)56-37-49-50(70(8,9)41-69(49,6)7)38-61(56)76(62)57-25-21-27-65-66(57)45-22-15-18-26-64(45)79-65/h15-18,21-29,32-40H,19-20,30-31,41H2,1-14H3. The summed E-state index contributed by atoms with van der Waals surface area (Å²) in [5.74, 6) is 0. The van der Waals surface area contributed by atoms with Crippen LogP contribution in [0.15, 0.2) is 133 Å². The Balaban J connectivity index is 1.07. The molecule has 394 valence electrons. The predicted octanol–water partition coefficient (Wildman–Crippen LogP) is 18.1. The monoisotopic (exact) mass is 1050 g/mol. The van der Waals surface area contributed by atoms with Crippen molar-refractivity contribution in [1.29, 1.82) is 0 Å². The summed E-state index contributed by atoms with van der Waals surface area (Å²) in [4.78, 5) is 8.39. The van der Waals surface area contributed by atoms with Crippen LogP contribution in [-0.4, -0.2) is 12.3 Å². The normalized spacial score (nSPS) is 23.7. The zero-order valence-electron chi connectivity index (χ0n) is 49.1. The van der Waals surface area contributed by atoms with E-state index < -0.39 is 5.41 Å². The fourth-order valence-electron chi connectivity index (χ4n) is 18.3.